The fraction of sp³-hybridized carbons (Fsp3) is 0.320. The summed E-state index contributed by atoms with van der Waals surface area (Å²) in [6, 6.07) is 5.49. The van der Waals surface area contributed by atoms with Crippen molar-refractivity contribution in [3.05, 3.63) is 70.7 Å². The van der Waals surface area contributed by atoms with Gasteiger partial charge in [0.2, 0.25) is 5.95 Å². The van der Waals surface area contributed by atoms with Crippen molar-refractivity contribution in [2.24, 2.45) is 0 Å². The van der Waals surface area contributed by atoms with Crippen LogP contribution < -0.4 is 19.7 Å². The molecule has 0 fully saturated rings. The first-order valence-electron chi connectivity index (χ1n) is 11.3. The Morgan fingerprint density at radius 3 is 2.77 bits per heavy atom. The number of benzene rings is 1. The van der Waals surface area contributed by atoms with Crippen molar-refractivity contribution in [2.75, 3.05) is 38.1 Å². The molecule has 0 saturated heterocycles. The molecule has 0 amide bonds. The van der Waals surface area contributed by atoms with Crippen LogP contribution in [0.15, 0.2) is 54.5 Å². The Morgan fingerprint density at radius 1 is 1.17 bits per heavy atom. The number of anilines is 2. The molecule has 2 aliphatic rings. The van der Waals surface area contributed by atoms with Gasteiger partial charge in [-0.3, -0.25) is 0 Å². The van der Waals surface area contributed by atoms with Gasteiger partial charge in [0.1, 0.15) is 18.1 Å². The average Bonchev–Trinajstić information content (AvgIpc) is 3.31. The molecule has 0 saturated carbocycles. The van der Waals surface area contributed by atoms with E-state index in [-0.39, 0.29) is 6.04 Å². The maximum atomic E-state index is 6.51. The molecule has 1 aliphatic heterocycles. The van der Waals surface area contributed by atoms with E-state index in [9.17, 15) is 0 Å². The number of methoxy groups -OCH3 is 2. The van der Waals surface area contributed by atoms with Gasteiger partial charge in [-0.25, -0.2) is 9.97 Å². The highest BCUT2D eigenvalue weighted by molar-refractivity contribution is 6.31. The lowest BCUT2D eigenvalue weighted by molar-refractivity contribution is 0.265. The molecule has 182 valence electrons. The Balaban J connectivity index is 1.40. The van der Waals surface area contributed by atoms with E-state index in [0.717, 1.165) is 47.0 Å². The van der Waals surface area contributed by atoms with Gasteiger partial charge >= 0.3 is 0 Å². The summed E-state index contributed by atoms with van der Waals surface area (Å²) in [7, 11) is 5.28. The first-order valence-corrected chi connectivity index (χ1v) is 11.7. The van der Waals surface area contributed by atoms with Crippen LogP contribution in [0.2, 0.25) is 5.02 Å². The number of likely N-dealkylation sites (N-methyl/N-ethyl adjacent to an activating group) is 1. The Bertz CT molecular complexity index is 1320. The molecule has 35 heavy (non-hydrogen) atoms. The van der Waals surface area contributed by atoms with Gasteiger partial charge in [0.05, 0.1) is 44.2 Å². The standard InChI is InChI=1S/C25H27ClN6O3/c1-15-12-32(14-28-15)20-8-5-16(9-22(20)34-4)29-25-27-11-23-24(30-25)31(2)21(13-35-23)18-10-17(33-3)6-7-19(18)26/h6-7,9-12,14,21H,5,8,13H2,1-4H3,(H,27,29,30). The first kappa shape index (κ1) is 23.0. The highest BCUT2D eigenvalue weighted by atomic mass is 35.5. The lowest BCUT2D eigenvalue weighted by atomic mass is 10.0. The van der Waals surface area contributed by atoms with E-state index in [1.165, 1.54) is 0 Å². The van der Waals surface area contributed by atoms with Crippen LogP contribution in [0.4, 0.5) is 11.8 Å². The first-order chi connectivity index (χ1) is 17.0. The molecule has 10 heteroatoms. The van der Waals surface area contributed by atoms with Crippen LogP contribution in [-0.2, 0) is 4.74 Å². The third kappa shape index (κ3) is 4.51. The topological polar surface area (TPSA) is 86.6 Å². The summed E-state index contributed by atoms with van der Waals surface area (Å²) in [6.45, 7) is 2.40. The largest absolute Gasteiger partial charge is 0.497 e. The minimum absolute atomic E-state index is 0.119. The summed E-state index contributed by atoms with van der Waals surface area (Å²) in [5, 5.41) is 4.00. The number of aryl methyl sites for hydroxylation is 1. The fourth-order valence-corrected chi connectivity index (χ4v) is 4.58. The van der Waals surface area contributed by atoms with Crippen molar-refractivity contribution in [3.63, 3.8) is 0 Å². The van der Waals surface area contributed by atoms with E-state index in [0.29, 0.717) is 29.1 Å². The van der Waals surface area contributed by atoms with Crippen LogP contribution in [0.5, 0.6) is 11.5 Å². The van der Waals surface area contributed by atoms with Gasteiger partial charge in [-0.05, 0) is 38.0 Å². The van der Waals surface area contributed by atoms with Gasteiger partial charge in [0, 0.05) is 35.6 Å². The number of halogens is 1. The number of hydrogen-bond acceptors (Lipinski definition) is 8. The van der Waals surface area contributed by atoms with Crippen LogP contribution >= 0.6 is 11.6 Å². The third-order valence-electron chi connectivity index (χ3n) is 6.23. The smallest absolute Gasteiger partial charge is 0.229 e. The molecule has 1 atom stereocenters. The number of ether oxygens (including phenoxy) is 3. The third-order valence-corrected chi connectivity index (χ3v) is 6.58. The van der Waals surface area contributed by atoms with Crippen molar-refractivity contribution in [1.82, 2.24) is 19.5 Å². The molecule has 0 bridgehead atoms. The molecule has 1 N–H and O–H groups in total. The zero-order chi connectivity index (χ0) is 24.5. The maximum Gasteiger partial charge on any atom is 0.229 e. The molecule has 2 aromatic heterocycles. The van der Waals surface area contributed by atoms with E-state index in [1.54, 1.807) is 20.4 Å². The van der Waals surface area contributed by atoms with Crippen LogP contribution in [0.1, 0.15) is 30.1 Å². The molecule has 0 radical (unpaired) electrons. The lowest BCUT2D eigenvalue weighted by Gasteiger charge is -2.35. The van der Waals surface area contributed by atoms with Crippen molar-refractivity contribution < 1.29 is 14.2 Å². The number of fused-ring (bicyclic) bond motifs is 1. The van der Waals surface area contributed by atoms with Gasteiger partial charge in [-0.2, -0.15) is 4.98 Å². The number of nitrogens with zero attached hydrogens (tertiary/aromatic N) is 5. The van der Waals surface area contributed by atoms with Gasteiger partial charge < -0.3 is 29.0 Å². The average molecular weight is 495 g/mol. The SMILES string of the molecule is COC1=C(n2cnc(C)c2)CCC(Nc2ncc3c(n2)N(C)C(c2cc(OC)ccc2Cl)CO3)=C1. The van der Waals surface area contributed by atoms with Gasteiger partial charge in [-0.15, -0.1) is 0 Å². The molecule has 1 aliphatic carbocycles. The molecule has 1 aromatic carbocycles. The second-order valence-corrected chi connectivity index (χ2v) is 8.85. The van der Waals surface area contributed by atoms with Crippen LogP contribution in [-0.4, -0.2) is 47.4 Å². The molecule has 1 unspecified atom stereocenters. The van der Waals surface area contributed by atoms with Crippen LogP contribution in [0, 0.1) is 6.92 Å². The monoisotopic (exact) mass is 494 g/mol. The predicted molar refractivity (Wildman–Crippen MR) is 135 cm³/mol. The van der Waals surface area contributed by atoms with Crippen molar-refractivity contribution in [1.29, 1.82) is 0 Å². The van der Waals surface area contributed by atoms with Crippen molar-refractivity contribution >= 4 is 29.1 Å². The fourth-order valence-electron chi connectivity index (χ4n) is 4.34. The van der Waals surface area contributed by atoms with E-state index in [4.69, 9.17) is 30.8 Å². The second kappa shape index (κ2) is 9.50. The molecule has 5 rings (SSSR count). The minimum atomic E-state index is -0.119. The summed E-state index contributed by atoms with van der Waals surface area (Å²) in [5.41, 5.74) is 3.91. The summed E-state index contributed by atoms with van der Waals surface area (Å²) >= 11 is 6.51. The van der Waals surface area contributed by atoms with E-state index in [1.807, 2.05) is 55.3 Å². The van der Waals surface area contributed by atoms with Gasteiger partial charge in [0.25, 0.3) is 0 Å². The Morgan fingerprint density at radius 2 is 2.03 bits per heavy atom. The lowest BCUT2D eigenvalue weighted by Crippen LogP contribution is -2.34. The number of nitrogens with one attached hydrogen (secondary N) is 1. The predicted octanol–water partition coefficient (Wildman–Crippen LogP) is 4.82. The quantitative estimate of drug-likeness (QED) is 0.522. The number of allylic oxidation sites excluding steroid dienone is 3. The molecular weight excluding hydrogens is 468 g/mol. The molecular formula is C25H27ClN6O3. The highest BCUT2D eigenvalue weighted by Crippen LogP contribution is 2.40. The molecule has 9 nitrogen and oxygen atoms in total. The zero-order valence-corrected chi connectivity index (χ0v) is 20.8. The number of rotatable bonds is 6. The minimum Gasteiger partial charge on any atom is -0.497 e. The Kier molecular flexibility index (Phi) is 6.25. The second-order valence-electron chi connectivity index (χ2n) is 8.44. The molecule has 0 spiro atoms. The van der Waals surface area contributed by atoms with Crippen LogP contribution in [0.3, 0.4) is 0 Å². The van der Waals surface area contributed by atoms with E-state index >= 15 is 0 Å². The maximum absolute atomic E-state index is 6.51. The van der Waals surface area contributed by atoms with Crippen molar-refractivity contribution in [3.8, 4) is 11.5 Å². The summed E-state index contributed by atoms with van der Waals surface area (Å²) in [6.07, 6.45) is 9.06. The summed E-state index contributed by atoms with van der Waals surface area (Å²) in [4.78, 5) is 15.6. The van der Waals surface area contributed by atoms with Crippen LogP contribution in [0.25, 0.3) is 5.70 Å². The summed E-state index contributed by atoms with van der Waals surface area (Å²) in [5.74, 6) is 3.32. The number of hydrogen-bond donors (Lipinski definition) is 1. The Hall–Kier alpha value is -3.72. The molecule has 3 heterocycles. The zero-order valence-electron chi connectivity index (χ0n) is 20.1. The Labute approximate surface area is 209 Å². The van der Waals surface area contributed by atoms with E-state index < -0.39 is 0 Å². The highest BCUT2D eigenvalue weighted by Gasteiger charge is 2.30. The normalized spacial score (nSPS) is 17.5. The summed E-state index contributed by atoms with van der Waals surface area (Å²) < 4.78 is 19.0. The van der Waals surface area contributed by atoms with Gasteiger partial charge in [0.15, 0.2) is 11.6 Å². The van der Waals surface area contributed by atoms with Crippen molar-refractivity contribution in [2.45, 2.75) is 25.8 Å². The van der Waals surface area contributed by atoms with Gasteiger partial charge in [-0.1, -0.05) is 11.6 Å². The number of imidazole rings is 1. The molecule has 3 aromatic rings. The number of aromatic nitrogens is 4. The van der Waals surface area contributed by atoms with E-state index in [2.05, 4.69) is 20.2 Å².